The Balaban J connectivity index is 2.51. The maximum absolute atomic E-state index is 11.5. The number of hydrogen-bond donors (Lipinski definition) is 1. The SMILES string of the molecule is CO[C@@H](C[C@@H]1CC=C[C@@H](C[C@@H](O)C/C=C(\C)C=O)O1)[C@@H](C)C(C)=O. The zero-order chi connectivity index (χ0) is 18.1. The van der Waals surface area contributed by atoms with Crippen LogP contribution < -0.4 is 0 Å². The Morgan fingerprint density at radius 1 is 1.42 bits per heavy atom. The van der Waals surface area contributed by atoms with Crippen LogP contribution in [-0.4, -0.2) is 48.7 Å². The van der Waals surface area contributed by atoms with E-state index in [1.54, 1.807) is 27.0 Å². The molecule has 0 aliphatic carbocycles. The number of aliphatic hydroxyl groups is 1. The maximum atomic E-state index is 11.5. The molecule has 0 spiro atoms. The first-order valence-electron chi connectivity index (χ1n) is 8.52. The summed E-state index contributed by atoms with van der Waals surface area (Å²) in [6, 6.07) is 0. The molecule has 0 fully saturated rings. The Labute approximate surface area is 144 Å². The Morgan fingerprint density at radius 2 is 2.12 bits per heavy atom. The third-order valence-electron chi connectivity index (χ3n) is 4.52. The second kappa shape index (κ2) is 10.5. The molecule has 0 unspecified atom stereocenters. The zero-order valence-electron chi connectivity index (χ0n) is 15.1. The molecule has 1 aliphatic heterocycles. The van der Waals surface area contributed by atoms with Crippen LogP contribution in [0.4, 0.5) is 0 Å². The van der Waals surface area contributed by atoms with Gasteiger partial charge in [0, 0.05) is 25.9 Å². The largest absolute Gasteiger partial charge is 0.393 e. The molecule has 136 valence electrons. The second-order valence-corrected chi connectivity index (χ2v) is 6.56. The first-order chi connectivity index (χ1) is 11.4. The van der Waals surface area contributed by atoms with Crippen molar-refractivity contribution in [3.05, 3.63) is 23.8 Å². The van der Waals surface area contributed by atoms with Crippen molar-refractivity contribution in [3.8, 4) is 0 Å². The Hall–Kier alpha value is -1.30. The number of Topliss-reactive ketones (excluding diaryl/α,β-unsaturated/α-hetero) is 1. The molecule has 0 saturated carbocycles. The van der Waals surface area contributed by atoms with Gasteiger partial charge in [0.25, 0.3) is 0 Å². The average Bonchev–Trinajstić information content (AvgIpc) is 2.57. The third-order valence-corrected chi connectivity index (χ3v) is 4.52. The van der Waals surface area contributed by atoms with Gasteiger partial charge < -0.3 is 14.6 Å². The number of carbonyl (C=O) groups excluding carboxylic acids is 2. The topological polar surface area (TPSA) is 72.8 Å². The number of carbonyl (C=O) groups is 2. The number of hydrogen-bond acceptors (Lipinski definition) is 5. The van der Waals surface area contributed by atoms with E-state index < -0.39 is 6.10 Å². The van der Waals surface area contributed by atoms with Crippen molar-refractivity contribution in [1.29, 1.82) is 0 Å². The lowest BCUT2D eigenvalue weighted by Gasteiger charge is -2.31. The van der Waals surface area contributed by atoms with Crippen LogP contribution in [0.25, 0.3) is 0 Å². The molecule has 0 bridgehead atoms. The summed E-state index contributed by atoms with van der Waals surface area (Å²) in [6.45, 7) is 5.16. The van der Waals surface area contributed by atoms with Gasteiger partial charge in [-0.05, 0) is 32.3 Å². The molecular weight excluding hydrogens is 308 g/mol. The summed E-state index contributed by atoms with van der Waals surface area (Å²) in [6.07, 6.45) is 7.98. The molecule has 0 radical (unpaired) electrons. The first kappa shape index (κ1) is 20.7. The van der Waals surface area contributed by atoms with Gasteiger partial charge in [-0.3, -0.25) is 9.59 Å². The highest BCUT2D eigenvalue weighted by Crippen LogP contribution is 2.24. The number of aldehydes is 1. The summed E-state index contributed by atoms with van der Waals surface area (Å²) in [5.74, 6) is -0.0532. The highest BCUT2D eigenvalue weighted by Gasteiger charge is 2.27. The summed E-state index contributed by atoms with van der Waals surface area (Å²) in [5, 5.41) is 10.1. The van der Waals surface area contributed by atoms with Crippen molar-refractivity contribution in [2.75, 3.05) is 7.11 Å². The fraction of sp³-hybridized carbons (Fsp3) is 0.684. The smallest absolute Gasteiger partial charge is 0.145 e. The molecule has 0 aromatic rings. The van der Waals surface area contributed by atoms with Crippen molar-refractivity contribution >= 4 is 12.1 Å². The van der Waals surface area contributed by atoms with E-state index in [4.69, 9.17) is 9.47 Å². The van der Waals surface area contributed by atoms with Crippen LogP contribution in [0.15, 0.2) is 23.8 Å². The van der Waals surface area contributed by atoms with E-state index in [0.717, 1.165) is 12.7 Å². The summed E-state index contributed by atoms with van der Waals surface area (Å²) < 4.78 is 11.5. The molecule has 1 N–H and O–H groups in total. The third kappa shape index (κ3) is 7.07. The number of rotatable bonds is 10. The van der Waals surface area contributed by atoms with Gasteiger partial charge in [-0.2, -0.15) is 0 Å². The van der Waals surface area contributed by atoms with E-state index in [-0.39, 0.29) is 30.0 Å². The zero-order valence-corrected chi connectivity index (χ0v) is 15.1. The van der Waals surface area contributed by atoms with Gasteiger partial charge in [0.15, 0.2) is 0 Å². The Morgan fingerprint density at radius 3 is 2.71 bits per heavy atom. The normalized spacial score (nSPS) is 25.1. The van der Waals surface area contributed by atoms with Crippen LogP contribution in [0.5, 0.6) is 0 Å². The van der Waals surface area contributed by atoms with Gasteiger partial charge in [0.2, 0.25) is 0 Å². The van der Waals surface area contributed by atoms with E-state index >= 15 is 0 Å². The molecule has 0 aromatic heterocycles. The van der Waals surface area contributed by atoms with Gasteiger partial charge in [0.1, 0.15) is 12.1 Å². The highest BCUT2D eigenvalue weighted by atomic mass is 16.5. The van der Waals surface area contributed by atoms with Crippen molar-refractivity contribution in [2.24, 2.45) is 5.92 Å². The van der Waals surface area contributed by atoms with Gasteiger partial charge in [-0.1, -0.05) is 25.2 Å². The molecule has 5 atom stereocenters. The number of allylic oxidation sites excluding steroid dienone is 1. The predicted octanol–water partition coefficient (Wildman–Crippen LogP) is 2.62. The first-order valence-corrected chi connectivity index (χ1v) is 8.52. The molecular formula is C19H30O5. The van der Waals surface area contributed by atoms with Crippen LogP contribution in [0, 0.1) is 5.92 Å². The van der Waals surface area contributed by atoms with E-state index in [9.17, 15) is 14.7 Å². The van der Waals surface area contributed by atoms with E-state index in [0.29, 0.717) is 24.8 Å². The van der Waals surface area contributed by atoms with Gasteiger partial charge in [-0.15, -0.1) is 0 Å². The van der Waals surface area contributed by atoms with Gasteiger partial charge >= 0.3 is 0 Å². The van der Waals surface area contributed by atoms with Crippen LogP contribution in [0.1, 0.15) is 46.5 Å². The fourth-order valence-electron chi connectivity index (χ4n) is 2.78. The quantitative estimate of drug-likeness (QED) is 0.376. The van der Waals surface area contributed by atoms with Gasteiger partial charge in [-0.25, -0.2) is 0 Å². The number of methoxy groups -OCH3 is 1. The van der Waals surface area contributed by atoms with Crippen molar-refractivity contribution < 1.29 is 24.2 Å². The highest BCUT2D eigenvalue weighted by molar-refractivity contribution is 5.78. The van der Waals surface area contributed by atoms with E-state index in [1.165, 1.54) is 0 Å². The fourth-order valence-corrected chi connectivity index (χ4v) is 2.78. The van der Waals surface area contributed by atoms with Crippen LogP contribution in [0.2, 0.25) is 0 Å². The summed E-state index contributed by atoms with van der Waals surface area (Å²) in [5.41, 5.74) is 0.619. The minimum atomic E-state index is -0.553. The second-order valence-electron chi connectivity index (χ2n) is 6.56. The van der Waals surface area contributed by atoms with Crippen molar-refractivity contribution in [1.82, 2.24) is 0 Å². The summed E-state index contributed by atoms with van der Waals surface area (Å²) in [4.78, 5) is 22.1. The lowest BCUT2D eigenvalue weighted by atomic mass is 9.93. The Bertz CT molecular complexity index is 468. The minimum Gasteiger partial charge on any atom is -0.393 e. The maximum Gasteiger partial charge on any atom is 0.145 e. The summed E-state index contributed by atoms with van der Waals surface area (Å²) in [7, 11) is 1.62. The lowest BCUT2D eigenvalue weighted by molar-refractivity contribution is -0.126. The molecule has 1 rings (SSSR count). The van der Waals surface area contributed by atoms with Gasteiger partial charge in [0.05, 0.1) is 24.4 Å². The standard InChI is InChI=1S/C19H30O5/c1-13(12-20)8-9-16(22)10-17-6-5-7-18(24-17)11-19(23-4)14(2)15(3)21/h5-6,8,12,14,16-19,22H,7,9-11H2,1-4H3/b13-8+/t14-,16-,17-,18-,19-/m0/s1. The average molecular weight is 338 g/mol. The lowest BCUT2D eigenvalue weighted by Crippen LogP contribution is -2.34. The van der Waals surface area contributed by atoms with Crippen molar-refractivity contribution in [2.45, 2.75) is 70.9 Å². The van der Waals surface area contributed by atoms with Crippen LogP contribution in [-0.2, 0) is 19.1 Å². The molecule has 0 aromatic carbocycles. The molecule has 5 nitrogen and oxygen atoms in total. The molecule has 1 heterocycles. The summed E-state index contributed by atoms with van der Waals surface area (Å²) >= 11 is 0. The van der Waals surface area contributed by atoms with Crippen LogP contribution >= 0.6 is 0 Å². The molecule has 0 amide bonds. The molecule has 1 aliphatic rings. The number of ketones is 1. The monoisotopic (exact) mass is 338 g/mol. The van der Waals surface area contributed by atoms with E-state index in [2.05, 4.69) is 6.08 Å². The van der Waals surface area contributed by atoms with Crippen LogP contribution in [0.3, 0.4) is 0 Å². The van der Waals surface area contributed by atoms with E-state index in [1.807, 2.05) is 13.0 Å². The van der Waals surface area contributed by atoms with Crippen molar-refractivity contribution in [3.63, 3.8) is 0 Å². The molecule has 0 saturated heterocycles. The molecule has 5 heteroatoms. The minimum absolute atomic E-state index is 0.0220. The number of ether oxygens (including phenoxy) is 2. The molecule has 24 heavy (non-hydrogen) atoms. The Kier molecular flexibility index (Phi) is 9.11. The predicted molar refractivity (Wildman–Crippen MR) is 92.7 cm³/mol. The number of aliphatic hydroxyl groups excluding tert-OH is 1.